The summed E-state index contributed by atoms with van der Waals surface area (Å²) < 4.78 is 0. The van der Waals surface area contributed by atoms with E-state index in [-0.39, 0.29) is 29.6 Å². The third kappa shape index (κ3) is 2.64. The summed E-state index contributed by atoms with van der Waals surface area (Å²) in [5, 5.41) is 2.70. The largest absolute Gasteiger partial charge is 0.330 e. The third-order valence-electron chi connectivity index (χ3n) is 4.64. The van der Waals surface area contributed by atoms with Crippen LogP contribution in [0.5, 0.6) is 0 Å². The van der Waals surface area contributed by atoms with Gasteiger partial charge in [-0.3, -0.25) is 19.3 Å². The van der Waals surface area contributed by atoms with Crippen LogP contribution in [0, 0.1) is 0 Å². The van der Waals surface area contributed by atoms with Gasteiger partial charge in [-0.2, -0.15) is 0 Å². The zero-order valence-electron chi connectivity index (χ0n) is 14.3. The van der Waals surface area contributed by atoms with Crippen LogP contribution in [-0.2, 0) is 10.2 Å². The van der Waals surface area contributed by atoms with Gasteiger partial charge in [0, 0.05) is 18.2 Å². The molecule has 0 bridgehead atoms. The van der Waals surface area contributed by atoms with Crippen LogP contribution in [-0.4, -0.2) is 28.7 Å². The molecule has 1 fully saturated rings. The molecule has 1 aromatic rings. The second kappa shape index (κ2) is 5.58. The van der Waals surface area contributed by atoms with Crippen LogP contribution in [0.1, 0.15) is 66.3 Å². The van der Waals surface area contributed by atoms with Crippen LogP contribution in [0.15, 0.2) is 30.5 Å². The van der Waals surface area contributed by atoms with E-state index in [1.807, 2.05) is 32.9 Å². The van der Waals surface area contributed by atoms with Crippen LogP contribution in [0.4, 0.5) is 0 Å². The van der Waals surface area contributed by atoms with Gasteiger partial charge in [-0.1, -0.05) is 39.5 Å². The Morgan fingerprint density at radius 3 is 2.54 bits per heavy atom. The molecular weight excluding hydrogens is 304 g/mol. The lowest BCUT2D eigenvalue weighted by Gasteiger charge is -2.25. The minimum absolute atomic E-state index is 0.120. The topological polar surface area (TPSA) is 66.5 Å². The first-order chi connectivity index (χ1) is 11.2. The molecule has 0 saturated carbocycles. The normalized spacial score (nSPS) is 21.6. The first kappa shape index (κ1) is 16.4. The summed E-state index contributed by atoms with van der Waals surface area (Å²) in [5.74, 6) is -0.785. The molecule has 2 aliphatic rings. The number of benzene rings is 1. The van der Waals surface area contributed by atoms with Crippen molar-refractivity contribution in [3.05, 3.63) is 47.2 Å². The van der Waals surface area contributed by atoms with Crippen molar-refractivity contribution in [3.63, 3.8) is 0 Å². The van der Waals surface area contributed by atoms with Gasteiger partial charge in [0.05, 0.1) is 11.1 Å². The molecule has 2 heterocycles. The maximum absolute atomic E-state index is 13.0. The van der Waals surface area contributed by atoms with Gasteiger partial charge in [0.2, 0.25) is 5.91 Å². The summed E-state index contributed by atoms with van der Waals surface area (Å²) in [7, 11) is 0. The fourth-order valence-electron chi connectivity index (χ4n) is 3.45. The third-order valence-corrected chi connectivity index (χ3v) is 4.64. The van der Waals surface area contributed by atoms with E-state index >= 15 is 0 Å². The highest BCUT2D eigenvalue weighted by Gasteiger charge is 2.43. The predicted molar refractivity (Wildman–Crippen MR) is 90.6 cm³/mol. The van der Waals surface area contributed by atoms with Gasteiger partial charge < -0.3 is 5.32 Å². The van der Waals surface area contributed by atoms with Crippen molar-refractivity contribution < 1.29 is 14.4 Å². The first-order valence-electron chi connectivity index (χ1n) is 8.19. The van der Waals surface area contributed by atoms with Crippen LogP contribution < -0.4 is 5.32 Å². The Balaban J connectivity index is 2.01. The summed E-state index contributed by atoms with van der Waals surface area (Å²) in [5.41, 5.74) is 2.18. The van der Waals surface area contributed by atoms with E-state index < -0.39 is 6.04 Å². The van der Waals surface area contributed by atoms with Crippen molar-refractivity contribution in [2.75, 3.05) is 0 Å². The summed E-state index contributed by atoms with van der Waals surface area (Å²) in [4.78, 5) is 39.1. The lowest BCUT2D eigenvalue weighted by molar-refractivity contribution is -0.120. The minimum Gasteiger partial charge on any atom is -0.330 e. The van der Waals surface area contributed by atoms with Gasteiger partial charge in [0.1, 0.15) is 0 Å². The molecule has 0 aromatic heterocycles. The Morgan fingerprint density at radius 2 is 1.88 bits per heavy atom. The fraction of sp³-hybridized carbons (Fsp3) is 0.421. The number of hydrogen-bond donors (Lipinski definition) is 1. The summed E-state index contributed by atoms with van der Waals surface area (Å²) >= 11 is 0. The molecule has 0 radical (unpaired) electrons. The number of rotatable bonds is 1. The van der Waals surface area contributed by atoms with Gasteiger partial charge >= 0.3 is 0 Å². The highest BCUT2D eigenvalue weighted by atomic mass is 16.2. The molecule has 1 N–H and O–H groups in total. The maximum atomic E-state index is 13.0. The average molecular weight is 326 g/mol. The molecule has 5 heteroatoms. The van der Waals surface area contributed by atoms with Crippen molar-refractivity contribution >= 4 is 17.7 Å². The fourth-order valence-corrected chi connectivity index (χ4v) is 3.45. The van der Waals surface area contributed by atoms with E-state index in [1.165, 1.54) is 4.90 Å². The van der Waals surface area contributed by atoms with Crippen LogP contribution in [0.25, 0.3) is 0 Å². The van der Waals surface area contributed by atoms with Gasteiger partial charge in [0.25, 0.3) is 11.8 Å². The number of imide groups is 1. The molecule has 3 rings (SSSR count). The number of carbonyl (C=O) groups excluding carboxylic acids is 3. The molecule has 1 aromatic carbocycles. The first-order valence-corrected chi connectivity index (χ1v) is 8.19. The van der Waals surface area contributed by atoms with E-state index in [0.29, 0.717) is 29.7 Å². The van der Waals surface area contributed by atoms with Crippen molar-refractivity contribution in [2.45, 2.75) is 51.5 Å². The van der Waals surface area contributed by atoms with Gasteiger partial charge in [-0.25, -0.2) is 0 Å². The molecule has 1 saturated heterocycles. The van der Waals surface area contributed by atoms with Crippen molar-refractivity contribution in [1.82, 2.24) is 10.2 Å². The number of fused-ring (bicyclic) bond motifs is 1. The molecular formula is C19H22N2O3. The molecule has 2 aliphatic heterocycles. The van der Waals surface area contributed by atoms with Crippen LogP contribution in [0.3, 0.4) is 0 Å². The van der Waals surface area contributed by atoms with Crippen LogP contribution in [0.2, 0.25) is 0 Å². The lowest BCUT2D eigenvalue weighted by atomic mass is 9.82. The minimum atomic E-state index is -0.426. The van der Waals surface area contributed by atoms with E-state index in [1.54, 1.807) is 6.07 Å². The zero-order chi connectivity index (χ0) is 17.6. The predicted octanol–water partition coefficient (Wildman–Crippen LogP) is 2.76. The number of nitrogens with one attached hydrogen (secondary N) is 1. The van der Waals surface area contributed by atoms with E-state index in [0.717, 1.165) is 5.56 Å². The Bertz CT molecular complexity index is 758. The van der Waals surface area contributed by atoms with Crippen molar-refractivity contribution in [1.29, 1.82) is 0 Å². The van der Waals surface area contributed by atoms with Gasteiger partial charge in [0.15, 0.2) is 0 Å². The molecule has 0 spiro atoms. The van der Waals surface area contributed by atoms with Crippen molar-refractivity contribution in [3.8, 4) is 0 Å². The number of hydrogen-bond acceptors (Lipinski definition) is 3. The number of amides is 3. The smallest absolute Gasteiger partial charge is 0.262 e. The molecule has 3 amide bonds. The van der Waals surface area contributed by atoms with Crippen molar-refractivity contribution in [2.24, 2.45) is 0 Å². The second-order valence-corrected chi connectivity index (χ2v) is 7.51. The Kier molecular flexibility index (Phi) is 3.82. The molecule has 1 atom stereocenters. The van der Waals surface area contributed by atoms with E-state index in [4.69, 9.17) is 0 Å². The molecule has 0 aliphatic carbocycles. The van der Waals surface area contributed by atoms with Gasteiger partial charge in [-0.05, 0) is 29.9 Å². The molecule has 1 unspecified atom stereocenters. The number of carbonyl (C=O) groups is 3. The summed E-state index contributed by atoms with van der Waals surface area (Å²) in [6.45, 7) is 9.85. The summed E-state index contributed by atoms with van der Waals surface area (Å²) in [6.07, 6.45) is 1.24. The summed E-state index contributed by atoms with van der Waals surface area (Å²) in [6, 6.07) is 4.98. The quantitative estimate of drug-likeness (QED) is 0.807. The average Bonchev–Trinajstić information content (AvgIpc) is 2.63. The second-order valence-electron chi connectivity index (χ2n) is 7.51. The maximum Gasteiger partial charge on any atom is 0.262 e. The Hall–Kier alpha value is -2.43. The standard InChI is InChI=1S/C19H22N2O3/c1-11-8-9-12(10-15(22)20-11)21-17(23)13-6-5-7-14(19(2,3)4)16(13)18(21)24/h5-7,12H,1,8-10H2,2-4H3,(H,20,22). The zero-order valence-corrected chi connectivity index (χ0v) is 14.3. The number of allylic oxidation sites excluding steroid dienone is 1. The van der Waals surface area contributed by atoms with Gasteiger partial charge in [-0.15, -0.1) is 0 Å². The highest BCUT2D eigenvalue weighted by molar-refractivity contribution is 6.22. The molecule has 5 nitrogen and oxygen atoms in total. The monoisotopic (exact) mass is 326 g/mol. The SMILES string of the molecule is C=C1CCC(N2C(=O)c3cccc(C(C)(C)C)c3C2=O)CC(=O)N1. The molecule has 24 heavy (non-hydrogen) atoms. The Morgan fingerprint density at radius 1 is 1.17 bits per heavy atom. The van der Waals surface area contributed by atoms with Crippen LogP contribution >= 0.6 is 0 Å². The van der Waals surface area contributed by atoms with E-state index in [9.17, 15) is 14.4 Å². The Labute approximate surface area is 141 Å². The van der Waals surface area contributed by atoms with E-state index in [2.05, 4.69) is 11.9 Å². The lowest BCUT2D eigenvalue weighted by Crippen LogP contribution is -2.41. The molecule has 126 valence electrons. The highest BCUT2D eigenvalue weighted by Crippen LogP contribution is 2.35. The number of nitrogens with zero attached hydrogens (tertiary/aromatic N) is 1.